The number of piperidine rings is 1. The van der Waals surface area contributed by atoms with E-state index in [9.17, 15) is 4.79 Å². The lowest BCUT2D eigenvalue weighted by Crippen LogP contribution is -2.39. The summed E-state index contributed by atoms with van der Waals surface area (Å²) in [6.45, 7) is 4.99. The Morgan fingerprint density at radius 3 is 2.59 bits per heavy atom. The van der Waals surface area contributed by atoms with Crippen LogP contribution in [0.5, 0.6) is 0 Å². The third kappa shape index (κ3) is 5.06. The van der Waals surface area contributed by atoms with Gasteiger partial charge in [0.25, 0.3) is 0 Å². The Hall–Kier alpha value is -2.17. The van der Waals surface area contributed by atoms with Crippen LogP contribution in [0, 0.1) is 18.8 Å². The van der Waals surface area contributed by atoms with Crippen LogP contribution in [-0.2, 0) is 11.3 Å². The molecule has 0 radical (unpaired) electrons. The first kappa shape index (κ1) is 20.1. The van der Waals surface area contributed by atoms with Crippen LogP contribution in [0.4, 0.5) is 0 Å². The molecule has 156 valence electrons. The Kier molecular flexibility index (Phi) is 6.63. The van der Waals surface area contributed by atoms with E-state index in [0.29, 0.717) is 17.7 Å². The Labute approximate surface area is 174 Å². The van der Waals surface area contributed by atoms with E-state index in [1.165, 1.54) is 37.8 Å². The molecule has 3 heterocycles. The van der Waals surface area contributed by atoms with Crippen LogP contribution in [0.25, 0.3) is 11.4 Å². The van der Waals surface area contributed by atoms with Gasteiger partial charge in [0.1, 0.15) is 5.82 Å². The number of carbonyl (C=O) groups excluding carboxylic acids is 1. The van der Waals surface area contributed by atoms with E-state index in [1.807, 2.05) is 18.5 Å². The third-order valence-corrected chi connectivity index (χ3v) is 6.89. The number of carbonyl (C=O) groups is 1. The molecule has 5 nitrogen and oxygen atoms in total. The first-order valence-corrected chi connectivity index (χ1v) is 11.4. The normalized spacial score (nSPS) is 18.9. The van der Waals surface area contributed by atoms with Crippen molar-refractivity contribution in [2.45, 2.75) is 71.3 Å². The molecule has 2 aromatic rings. The number of aromatic nitrogens is 3. The largest absolute Gasteiger partial charge is 0.343 e. The predicted molar refractivity (Wildman–Crippen MR) is 115 cm³/mol. The van der Waals surface area contributed by atoms with Crippen LogP contribution < -0.4 is 0 Å². The number of hydrogen-bond donors (Lipinski definition) is 0. The van der Waals surface area contributed by atoms with Crippen molar-refractivity contribution in [1.29, 1.82) is 0 Å². The van der Waals surface area contributed by atoms with E-state index in [2.05, 4.69) is 32.4 Å². The maximum atomic E-state index is 12.7. The Bertz CT molecular complexity index is 786. The number of imidazole rings is 1. The summed E-state index contributed by atoms with van der Waals surface area (Å²) in [7, 11) is 0. The summed E-state index contributed by atoms with van der Waals surface area (Å²) in [5, 5.41) is 0. The van der Waals surface area contributed by atoms with Gasteiger partial charge in [-0.25, -0.2) is 4.98 Å². The molecule has 0 spiro atoms. The van der Waals surface area contributed by atoms with Gasteiger partial charge in [-0.3, -0.25) is 9.78 Å². The van der Waals surface area contributed by atoms with E-state index >= 15 is 0 Å². The molecule has 1 amide bonds. The highest BCUT2D eigenvalue weighted by Crippen LogP contribution is 2.29. The van der Waals surface area contributed by atoms with Gasteiger partial charge in [-0.15, -0.1) is 0 Å². The number of likely N-dealkylation sites (tertiary alicyclic amines) is 1. The first-order chi connectivity index (χ1) is 14.2. The van der Waals surface area contributed by atoms with Gasteiger partial charge in [0.15, 0.2) is 0 Å². The molecule has 1 saturated heterocycles. The van der Waals surface area contributed by atoms with Gasteiger partial charge in [-0.05, 0) is 63.0 Å². The Morgan fingerprint density at radius 1 is 1.07 bits per heavy atom. The molecular formula is C24H34N4O. The van der Waals surface area contributed by atoms with Crippen LogP contribution in [-0.4, -0.2) is 38.4 Å². The zero-order valence-corrected chi connectivity index (χ0v) is 17.7. The predicted octanol–water partition coefficient (Wildman–Crippen LogP) is 4.85. The van der Waals surface area contributed by atoms with Crippen LogP contribution >= 0.6 is 0 Å². The van der Waals surface area contributed by atoms with Gasteiger partial charge in [-0.2, -0.15) is 0 Å². The lowest BCUT2D eigenvalue weighted by Gasteiger charge is -2.33. The maximum absolute atomic E-state index is 12.7. The summed E-state index contributed by atoms with van der Waals surface area (Å²) in [6.07, 6.45) is 16.3. The van der Waals surface area contributed by atoms with Gasteiger partial charge in [0.2, 0.25) is 5.91 Å². The molecule has 4 rings (SSSR count). The standard InChI is InChI=1S/C24H34N4O/c1-19-17-26-24(22-8-5-12-25-18-22)28(19)15-11-20-9-13-27(14-10-20)23(29)16-21-6-3-2-4-7-21/h5,8,12,17-18,20-21H,2-4,6-7,9-11,13-16H2,1H3. The molecule has 1 aliphatic carbocycles. The van der Waals surface area contributed by atoms with Gasteiger partial charge in [-0.1, -0.05) is 19.3 Å². The van der Waals surface area contributed by atoms with Gasteiger partial charge in [0.05, 0.1) is 0 Å². The first-order valence-electron chi connectivity index (χ1n) is 11.4. The van der Waals surface area contributed by atoms with E-state index in [1.54, 1.807) is 6.20 Å². The molecule has 5 heteroatoms. The summed E-state index contributed by atoms with van der Waals surface area (Å²) in [6, 6.07) is 4.03. The van der Waals surface area contributed by atoms with Crippen LogP contribution in [0.1, 0.15) is 63.5 Å². The molecule has 1 aliphatic heterocycles. The maximum Gasteiger partial charge on any atom is 0.222 e. The van der Waals surface area contributed by atoms with E-state index in [0.717, 1.165) is 56.7 Å². The number of nitrogens with zero attached hydrogens (tertiary/aromatic N) is 4. The van der Waals surface area contributed by atoms with Crippen molar-refractivity contribution in [3.63, 3.8) is 0 Å². The molecule has 0 N–H and O–H groups in total. The van der Waals surface area contributed by atoms with Crippen LogP contribution in [0.3, 0.4) is 0 Å². The molecule has 2 aromatic heterocycles. The second-order valence-electron chi connectivity index (χ2n) is 8.94. The van der Waals surface area contributed by atoms with Crippen molar-refractivity contribution in [2.24, 2.45) is 11.8 Å². The van der Waals surface area contributed by atoms with Crippen molar-refractivity contribution in [3.05, 3.63) is 36.4 Å². The van der Waals surface area contributed by atoms with E-state index < -0.39 is 0 Å². The average molecular weight is 395 g/mol. The fourth-order valence-corrected chi connectivity index (χ4v) is 5.02. The lowest BCUT2D eigenvalue weighted by molar-refractivity contribution is -0.133. The zero-order chi connectivity index (χ0) is 20.1. The minimum Gasteiger partial charge on any atom is -0.343 e. The summed E-state index contributed by atoms with van der Waals surface area (Å²) in [4.78, 5) is 23.7. The van der Waals surface area contributed by atoms with Crippen LogP contribution in [0.2, 0.25) is 0 Å². The zero-order valence-electron chi connectivity index (χ0n) is 17.7. The molecule has 0 bridgehead atoms. The molecule has 29 heavy (non-hydrogen) atoms. The molecule has 1 saturated carbocycles. The van der Waals surface area contributed by atoms with Crippen molar-refractivity contribution >= 4 is 5.91 Å². The molecule has 0 aromatic carbocycles. The average Bonchev–Trinajstić information content (AvgIpc) is 3.14. The van der Waals surface area contributed by atoms with Gasteiger partial charge < -0.3 is 9.47 Å². The van der Waals surface area contributed by atoms with Crippen molar-refractivity contribution in [2.75, 3.05) is 13.1 Å². The highest BCUT2D eigenvalue weighted by Gasteiger charge is 2.25. The second-order valence-corrected chi connectivity index (χ2v) is 8.94. The summed E-state index contributed by atoms with van der Waals surface area (Å²) < 4.78 is 2.32. The highest BCUT2D eigenvalue weighted by atomic mass is 16.2. The highest BCUT2D eigenvalue weighted by molar-refractivity contribution is 5.76. The molecular weight excluding hydrogens is 360 g/mol. The van der Waals surface area contributed by atoms with Crippen molar-refractivity contribution in [3.8, 4) is 11.4 Å². The Morgan fingerprint density at radius 2 is 1.86 bits per heavy atom. The second kappa shape index (κ2) is 9.55. The summed E-state index contributed by atoms with van der Waals surface area (Å²) in [5.74, 6) is 2.75. The number of amides is 1. The summed E-state index contributed by atoms with van der Waals surface area (Å²) in [5.41, 5.74) is 2.27. The number of pyridine rings is 1. The molecule has 0 unspecified atom stereocenters. The Balaban J connectivity index is 1.26. The fourth-order valence-electron chi connectivity index (χ4n) is 5.02. The minimum atomic E-state index is 0.402. The number of hydrogen-bond acceptors (Lipinski definition) is 3. The smallest absolute Gasteiger partial charge is 0.222 e. The number of rotatable bonds is 6. The quantitative estimate of drug-likeness (QED) is 0.703. The molecule has 0 atom stereocenters. The third-order valence-electron chi connectivity index (χ3n) is 6.89. The molecule has 2 aliphatic rings. The topological polar surface area (TPSA) is 51.0 Å². The SMILES string of the molecule is Cc1cnc(-c2cccnc2)n1CCC1CCN(C(=O)CC2CCCCC2)CC1. The van der Waals surface area contributed by atoms with Gasteiger partial charge >= 0.3 is 0 Å². The minimum absolute atomic E-state index is 0.402. The monoisotopic (exact) mass is 394 g/mol. The van der Waals surface area contributed by atoms with Crippen LogP contribution in [0.15, 0.2) is 30.7 Å². The van der Waals surface area contributed by atoms with Gasteiger partial charge in [0, 0.05) is 55.9 Å². The lowest BCUT2D eigenvalue weighted by atomic mass is 9.86. The fraction of sp³-hybridized carbons (Fsp3) is 0.625. The van der Waals surface area contributed by atoms with Crippen molar-refractivity contribution < 1.29 is 4.79 Å². The summed E-state index contributed by atoms with van der Waals surface area (Å²) >= 11 is 0. The van der Waals surface area contributed by atoms with E-state index in [4.69, 9.17) is 0 Å². The van der Waals surface area contributed by atoms with Crippen molar-refractivity contribution in [1.82, 2.24) is 19.4 Å². The number of aryl methyl sites for hydroxylation is 1. The van der Waals surface area contributed by atoms with E-state index in [-0.39, 0.29) is 0 Å². The molecule has 2 fully saturated rings.